The number of halogens is 1. The Bertz CT molecular complexity index is 693. The first-order valence-electron chi connectivity index (χ1n) is 7.31. The molecule has 0 radical (unpaired) electrons. The molecular weight excluding hydrogens is 356 g/mol. The molecule has 5 nitrogen and oxygen atoms in total. The average molecular weight is 377 g/mol. The van der Waals surface area contributed by atoms with Gasteiger partial charge in [-0.05, 0) is 39.0 Å². The molecule has 1 aliphatic heterocycles. The van der Waals surface area contributed by atoms with Gasteiger partial charge in [0, 0.05) is 35.7 Å². The van der Waals surface area contributed by atoms with Crippen molar-refractivity contribution in [3.8, 4) is 0 Å². The maximum Gasteiger partial charge on any atom is 0.253 e. The number of thioether (sulfide) groups is 1. The molecule has 1 amide bonds. The number of rotatable bonds is 3. The fraction of sp³-hybridized carbons (Fsp3) is 0.533. The van der Waals surface area contributed by atoms with Crippen LogP contribution >= 0.6 is 23.4 Å². The molecule has 128 valence electrons. The minimum absolute atomic E-state index is 0.0636. The van der Waals surface area contributed by atoms with Crippen LogP contribution in [-0.2, 0) is 10.0 Å². The van der Waals surface area contributed by atoms with E-state index in [2.05, 4.69) is 4.72 Å². The van der Waals surface area contributed by atoms with Crippen LogP contribution in [0.1, 0.15) is 31.1 Å². The van der Waals surface area contributed by atoms with Gasteiger partial charge in [0.25, 0.3) is 5.91 Å². The van der Waals surface area contributed by atoms with Crippen LogP contribution in [0.4, 0.5) is 0 Å². The van der Waals surface area contributed by atoms with Crippen LogP contribution in [0.5, 0.6) is 0 Å². The van der Waals surface area contributed by atoms with Crippen LogP contribution < -0.4 is 4.72 Å². The lowest BCUT2D eigenvalue weighted by atomic mass is 10.1. The maximum atomic E-state index is 12.5. The van der Waals surface area contributed by atoms with Crippen molar-refractivity contribution < 1.29 is 13.2 Å². The summed E-state index contributed by atoms with van der Waals surface area (Å²) in [5.74, 6) is 1.64. The van der Waals surface area contributed by atoms with Gasteiger partial charge in [-0.1, -0.05) is 11.6 Å². The Morgan fingerprint density at radius 1 is 1.26 bits per heavy atom. The zero-order valence-corrected chi connectivity index (χ0v) is 15.8. The molecule has 0 bridgehead atoms. The third-order valence-electron chi connectivity index (χ3n) is 3.21. The minimum Gasteiger partial charge on any atom is -0.337 e. The zero-order chi connectivity index (χ0) is 17.3. The van der Waals surface area contributed by atoms with E-state index in [0.29, 0.717) is 18.7 Å². The quantitative estimate of drug-likeness (QED) is 0.880. The number of nitrogens with zero attached hydrogens (tertiary/aromatic N) is 1. The Morgan fingerprint density at radius 2 is 1.87 bits per heavy atom. The van der Waals surface area contributed by atoms with Gasteiger partial charge in [0.2, 0.25) is 10.0 Å². The maximum absolute atomic E-state index is 12.5. The van der Waals surface area contributed by atoms with E-state index < -0.39 is 15.6 Å². The Morgan fingerprint density at radius 3 is 2.43 bits per heavy atom. The van der Waals surface area contributed by atoms with E-state index in [9.17, 15) is 13.2 Å². The van der Waals surface area contributed by atoms with E-state index in [0.717, 1.165) is 11.5 Å². The molecule has 1 heterocycles. The third kappa shape index (κ3) is 4.86. The molecule has 0 aliphatic carbocycles. The predicted molar refractivity (Wildman–Crippen MR) is 94.8 cm³/mol. The van der Waals surface area contributed by atoms with Gasteiger partial charge in [-0.15, -0.1) is 0 Å². The molecule has 0 aromatic heterocycles. The summed E-state index contributed by atoms with van der Waals surface area (Å²) >= 11 is 7.86. The molecule has 8 heteroatoms. The summed E-state index contributed by atoms with van der Waals surface area (Å²) in [7, 11) is -3.79. The van der Waals surface area contributed by atoms with Gasteiger partial charge in [0.05, 0.1) is 5.02 Å². The highest BCUT2D eigenvalue weighted by Gasteiger charge is 2.26. The van der Waals surface area contributed by atoms with E-state index >= 15 is 0 Å². The molecule has 2 rings (SSSR count). The first kappa shape index (κ1) is 18.6. The van der Waals surface area contributed by atoms with Gasteiger partial charge in [0.1, 0.15) is 4.90 Å². The second-order valence-corrected chi connectivity index (χ2v) is 9.69. The minimum atomic E-state index is -3.79. The molecule has 1 aromatic carbocycles. The Balaban J connectivity index is 2.33. The normalized spacial score (nSPS) is 16.4. The van der Waals surface area contributed by atoms with Crippen molar-refractivity contribution in [3.05, 3.63) is 28.8 Å². The molecule has 1 aliphatic rings. The van der Waals surface area contributed by atoms with Crippen molar-refractivity contribution >= 4 is 39.3 Å². The molecule has 23 heavy (non-hydrogen) atoms. The number of nitrogens with one attached hydrogen (secondary N) is 1. The first-order chi connectivity index (χ1) is 10.6. The van der Waals surface area contributed by atoms with E-state index in [4.69, 9.17) is 11.6 Å². The van der Waals surface area contributed by atoms with E-state index in [1.165, 1.54) is 12.1 Å². The van der Waals surface area contributed by atoms with Gasteiger partial charge in [-0.2, -0.15) is 11.8 Å². The lowest BCUT2D eigenvalue weighted by molar-refractivity contribution is 0.0772. The van der Waals surface area contributed by atoms with E-state index in [-0.39, 0.29) is 15.8 Å². The standard InChI is InChI=1S/C15H21ClN2O3S2/c1-15(2,3)17-23(20,21)13-10-11(4-5-12(13)16)14(19)18-6-8-22-9-7-18/h4-5,10,17H,6-9H2,1-3H3. The van der Waals surface area contributed by atoms with Crippen molar-refractivity contribution in [1.29, 1.82) is 0 Å². The van der Waals surface area contributed by atoms with Crippen molar-refractivity contribution in [3.63, 3.8) is 0 Å². The largest absolute Gasteiger partial charge is 0.337 e. The van der Waals surface area contributed by atoms with Crippen molar-refractivity contribution in [2.45, 2.75) is 31.2 Å². The van der Waals surface area contributed by atoms with Crippen LogP contribution in [0.25, 0.3) is 0 Å². The number of carbonyl (C=O) groups is 1. The summed E-state index contributed by atoms with van der Waals surface area (Å²) < 4.78 is 27.5. The molecular formula is C15H21ClN2O3S2. The van der Waals surface area contributed by atoms with Gasteiger partial charge in [-0.3, -0.25) is 4.79 Å². The predicted octanol–water partition coefficient (Wildman–Crippen LogP) is 2.61. The highest BCUT2D eigenvalue weighted by molar-refractivity contribution is 7.99. The lowest BCUT2D eigenvalue weighted by Gasteiger charge is -2.27. The number of hydrogen-bond donors (Lipinski definition) is 1. The topological polar surface area (TPSA) is 66.5 Å². The Kier molecular flexibility index (Phi) is 5.66. The fourth-order valence-corrected chi connectivity index (χ4v) is 5.10. The molecule has 0 atom stereocenters. The smallest absolute Gasteiger partial charge is 0.253 e. The molecule has 0 saturated carbocycles. The fourth-order valence-electron chi connectivity index (χ4n) is 2.25. The van der Waals surface area contributed by atoms with Crippen molar-refractivity contribution in [1.82, 2.24) is 9.62 Å². The number of carbonyl (C=O) groups excluding carboxylic acids is 1. The third-order valence-corrected chi connectivity index (χ3v) is 6.39. The summed E-state index contributed by atoms with van der Waals surface area (Å²) in [6.07, 6.45) is 0. The molecule has 0 spiro atoms. The molecule has 1 N–H and O–H groups in total. The summed E-state index contributed by atoms with van der Waals surface area (Å²) in [4.78, 5) is 14.2. The summed E-state index contributed by atoms with van der Waals surface area (Å²) in [5, 5.41) is 0.104. The highest BCUT2D eigenvalue weighted by atomic mass is 35.5. The second-order valence-electron chi connectivity index (χ2n) is 6.41. The summed E-state index contributed by atoms with van der Waals surface area (Å²) in [6.45, 7) is 6.60. The average Bonchev–Trinajstić information content (AvgIpc) is 2.45. The number of amides is 1. The van der Waals surface area contributed by atoms with E-state index in [1.54, 1.807) is 43.5 Å². The van der Waals surface area contributed by atoms with E-state index in [1.807, 2.05) is 0 Å². The van der Waals surface area contributed by atoms with Gasteiger partial charge in [0.15, 0.2) is 0 Å². The summed E-state index contributed by atoms with van der Waals surface area (Å²) in [6, 6.07) is 4.40. The number of hydrogen-bond acceptors (Lipinski definition) is 4. The van der Waals surface area contributed by atoms with Crippen LogP contribution in [0.3, 0.4) is 0 Å². The van der Waals surface area contributed by atoms with Gasteiger partial charge >= 0.3 is 0 Å². The second kappa shape index (κ2) is 7.01. The van der Waals surface area contributed by atoms with Crippen LogP contribution in [0.2, 0.25) is 5.02 Å². The lowest BCUT2D eigenvalue weighted by Crippen LogP contribution is -2.41. The SMILES string of the molecule is CC(C)(C)NS(=O)(=O)c1cc(C(=O)N2CCSCC2)ccc1Cl. The zero-order valence-electron chi connectivity index (χ0n) is 13.4. The summed E-state index contributed by atoms with van der Waals surface area (Å²) in [5.41, 5.74) is -0.290. The highest BCUT2D eigenvalue weighted by Crippen LogP contribution is 2.25. The number of sulfonamides is 1. The van der Waals surface area contributed by atoms with Crippen LogP contribution in [0, 0.1) is 0 Å². The Labute approximate surface area is 146 Å². The van der Waals surface area contributed by atoms with Crippen molar-refractivity contribution in [2.24, 2.45) is 0 Å². The first-order valence-corrected chi connectivity index (χ1v) is 10.3. The monoisotopic (exact) mass is 376 g/mol. The number of benzene rings is 1. The van der Waals surface area contributed by atoms with Crippen LogP contribution in [-0.4, -0.2) is 49.4 Å². The molecule has 1 saturated heterocycles. The Hall–Kier alpha value is -0.760. The molecule has 0 unspecified atom stereocenters. The van der Waals surface area contributed by atoms with Crippen LogP contribution in [0.15, 0.2) is 23.1 Å². The van der Waals surface area contributed by atoms with Gasteiger partial charge in [-0.25, -0.2) is 13.1 Å². The molecule has 1 aromatic rings. The van der Waals surface area contributed by atoms with Crippen molar-refractivity contribution in [2.75, 3.05) is 24.6 Å². The van der Waals surface area contributed by atoms with Gasteiger partial charge < -0.3 is 4.90 Å². The molecule has 1 fully saturated rings.